The van der Waals surface area contributed by atoms with Crippen LogP contribution in [0, 0.1) is 0 Å². The Morgan fingerprint density at radius 3 is 2.30 bits per heavy atom. The van der Waals surface area contributed by atoms with E-state index in [1.165, 1.54) is 14.0 Å². The minimum absolute atomic E-state index is 0.0376. The molecule has 9 heteroatoms. The zero-order valence-electron chi connectivity index (χ0n) is 16.2. The van der Waals surface area contributed by atoms with Crippen LogP contribution in [0.2, 0.25) is 0 Å². The summed E-state index contributed by atoms with van der Waals surface area (Å²) in [5.41, 5.74) is 2.28. The molecule has 1 aromatic rings. The number of alkyl carbamates (subject to hydrolysis) is 1. The van der Waals surface area contributed by atoms with Crippen molar-refractivity contribution < 1.29 is 29.0 Å². The first-order chi connectivity index (χ1) is 12.5. The van der Waals surface area contributed by atoms with Crippen LogP contribution < -0.4 is 10.7 Å². The summed E-state index contributed by atoms with van der Waals surface area (Å²) >= 11 is 0. The highest BCUT2D eigenvalue weighted by molar-refractivity contribution is 5.87. The molecule has 0 aliphatic heterocycles. The van der Waals surface area contributed by atoms with Gasteiger partial charge in [-0.2, -0.15) is 0 Å². The Labute approximate surface area is 158 Å². The van der Waals surface area contributed by atoms with Crippen LogP contribution in [0.5, 0.6) is 0 Å². The van der Waals surface area contributed by atoms with Gasteiger partial charge in [0.2, 0.25) is 0 Å². The van der Waals surface area contributed by atoms with Gasteiger partial charge in [-0.3, -0.25) is 10.2 Å². The zero-order valence-corrected chi connectivity index (χ0v) is 16.2. The monoisotopic (exact) mass is 381 g/mol. The lowest BCUT2D eigenvalue weighted by atomic mass is 10.1. The highest BCUT2D eigenvalue weighted by Gasteiger charge is 2.29. The fraction of sp³-hybridized carbons (Fsp3) is 0.500. The van der Waals surface area contributed by atoms with Crippen molar-refractivity contribution in [3.8, 4) is 0 Å². The minimum atomic E-state index is -1.32. The molecule has 1 rings (SSSR count). The lowest BCUT2D eigenvalue weighted by Crippen LogP contribution is -2.57. The molecule has 0 aliphatic carbocycles. The van der Waals surface area contributed by atoms with Gasteiger partial charge in [-0.05, 0) is 33.3 Å². The van der Waals surface area contributed by atoms with E-state index in [0.717, 1.165) is 10.6 Å². The SMILES string of the molecule is CC(O)[C@H](NC(=O)OC(C)(C)C)C(=O)NN(C)C(=O)OCc1ccccc1. The Hall–Kier alpha value is -2.81. The summed E-state index contributed by atoms with van der Waals surface area (Å²) in [6, 6.07) is 7.73. The molecule has 0 aromatic heterocycles. The van der Waals surface area contributed by atoms with Gasteiger partial charge in [0.15, 0.2) is 0 Å². The van der Waals surface area contributed by atoms with E-state index in [2.05, 4.69) is 10.7 Å². The van der Waals surface area contributed by atoms with Crippen molar-refractivity contribution in [1.82, 2.24) is 15.8 Å². The molecule has 150 valence electrons. The summed E-state index contributed by atoms with van der Waals surface area (Å²) in [4.78, 5) is 36.1. The van der Waals surface area contributed by atoms with Crippen LogP contribution >= 0.6 is 0 Å². The number of ether oxygens (including phenoxy) is 2. The average Bonchev–Trinajstić information content (AvgIpc) is 2.56. The number of amides is 3. The van der Waals surface area contributed by atoms with E-state index in [-0.39, 0.29) is 6.61 Å². The lowest BCUT2D eigenvalue weighted by molar-refractivity contribution is -0.129. The van der Waals surface area contributed by atoms with Crippen LogP contribution in [0.25, 0.3) is 0 Å². The molecule has 0 bridgehead atoms. The summed E-state index contributed by atoms with van der Waals surface area (Å²) in [5.74, 6) is -0.796. The molecule has 1 aromatic carbocycles. The molecule has 0 saturated carbocycles. The largest absolute Gasteiger partial charge is 0.444 e. The number of aliphatic hydroxyl groups is 1. The van der Waals surface area contributed by atoms with Gasteiger partial charge in [-0.15, -0.1) is 0 Å². The predicted octanol–water partition coefficient (Wildman–Crippen LogP) is 1.56. The molecular formula is C18H27N3O6. The van der Waals surface area contributed by atoms with E-state index in [4.69, 9.17) is 9.47 Å². The number of hydrogen-bond acceptors (Lipinski definition) is 6. The smallest absolute Gasteiger partial charge is 0.428 e. The van der Waals surface area contributed by atoms with Crippen LogP contribution in [0.15, 0.2) is 30.3 Å². The van der Waals surface area contributed by atoms with Gasteiger partial charge in [-0.1, -0.05) is 30.3 Å². The third kappa shape index (κ3) is 8.41. The van der Waals surface area contributed by atoms with Gasteiger partial charge in [-0.25, -0.2) is 14.6 Å². The summed E-state index contributed by atoms with van der Waals surface area (Å²) in [7, 11) is 1.29. The molecular weight excluding hydrogens is 354 g/mol. The first-order valence-corrected chi connectivity index (χ1v) is 8.42. The van der Waals surface area contributed by atoms with Gasteiger partial charge in [0, 0.05) is 7.05 Å². The molecule has 0 fully saturated rings. The van der Waals surface area contributed by atoms with E-state index >= 15 is 0 Å². The van der Waals surface area contributed by atoms with E-state index in [1.54, 1.807) is 32.9 Å². The standard InChI is InChI=1S/C18H27N3O6/c1-12(22)14(19-16(24)27-18(2,3)4)15(23)20-21(5)17(25)26-11-13-9-7-6-8-10-13/h6-10,12,14,22H,11H2,1-5H3,(H,19,24)(H,20,23)/t12?,14-/m0/s1. The summed E-state index contributed by atoms with van der Waals surface area (Å²) in [6.07, 6.45) is -2.88. The number of rotatable bonds is 5. The second kappa shape index (κ2) is 9.77. The van der Waals surface area contributed by atoms with E-state index < -0.39 is 35.8 Å². The quantitative estimate of drug-likeness (QED) is 0.667. The molecule has 27 heavy (non-hydrogen) atoms. The second-order valence-electron chi connectivity index (χ2n) is 6.94. The van der Waals surface area contributed by atoms with Crippen LogP contribution in [0.4, 0.5) is 9.59 Å². The van der Waals surface area contributed by atoms with Crippen LogP contribution in [0.3, 0.4) is 0 Å². The Morgan fingerprint density at radius 2 is 1.78 bits per heavy atom. The number of hydrogen-bond donors (Lipinski definition) is 3. The molecule has 0 saturated heterocycles. The summed E-state index contributed by atoms with van der Waals surface area (Å²) in [6.45, 7) is 6.37. The maximum absolute atomic E-state index is 12.3. The van der Waals surface area contributed by atoms with E-state index in [9.17, 15) is 19.5 Å². The van der Waals surface area contributed by atoms with Gasteiger partial charge in [0.25, 0.3) is 5.91 Å². The van der Waals surface area contributed by atoms with E-state index in [1.807, 2.05) is 18.2 Å². The molecule has 3 N–H and O–H groups in total. The maximum Gasteiger partial charge on any atom is 0.428 e. The minimum Gasteiger partial charge on any atom is -0.444 e. The predicted molar refractivity (Wildman–Crippen MR) is 97.4 cm³/mol. The molecule has 9 nitrogen and oxygen atoms in total. The molecule has 0 spiro atoms. The third-order valence-electron chi connectivity index (χ3n) is 3.19. The maximum atomic E-state index is 12.3. The average molecular weight is 381 g/mol. The fourth-order valence-electron chi connectivity index (χ4n) is 1.94. The van der Waals surface area contributed by atoms with Crippen molar-refractivity contribution in [2.75, 3.05) is 7.05 Å². The van der Waals surface area contributed by atoms with Crippen LogP contribution in [-0.2, 0) is 20.9 Å². The number of carbonyl (C=O) groups excluding carboxylic acids is 3. The van der Waals surface area contributed by atoms with Gasteiger partial charge in [0.05, 0.1) is 6.10 Å². The highest BCUT2D eigenvalue weighted by Crippen LogP contribution is 2.07. The van der Waals surface area contributed by atoms with Crippen molar-refractivity contribution in [3.05, 3.63) is 35.9 Å². The Morgan fingerprint density at radius 1 is 1.19 bits per heavy atom. The number of aliphatic hydroxyl groups excluding tert-OH is 1. The van der Waals surface area contributed by atoms with Crippen LogP contribution in [0.1, 0.15) is 33.3 Å². The number of nitrogens with one attached hydrogen (secondary N) is 2. The molecule has 0 radical (unpaired) electrons. The van der Waals surface area contributed by atoms with E-state index in [0.29, 0.717) is 0 Å². The first kappa shape index (κ1) is 22.2. The van der Waals surface area contributed by atoms with Crippen molar-refractivity contribution in [3.63, 3.8) is 0 Å². The molecule has 3 amide bonds. The Kier molecular flexibility index (Phi) is 8.04. The number of carbonyl (C=O) groups is 3. The Bertz CT molecular complexity index is 642. The second-order valence-corrected chi connectivity index (χ2v) is 6.94. The lowest BCUT2D eigenvalue weighted by Gasteiger charge is -2.26. The number of benzene rings is 1. The van der Waals surface area contributed by atoms with Crippen molar-refractivity contribution in [1.29, 1.82) is 0 Å². The molecule has 2 atom stereocenters. The fourth-order valence-corrected chi connectivity index (χ4v) is 1.94. The Balaban J connectivity index is 2.58. The first-order valence-electron chi connectivity index (χ1n) is 8.42. The topological polar surface area (TPSA) is 117 Å². The van der Waals surface area contributed by atoms with Gasteiger partial charge < -0.3 is 19.9 Å². The highest BCUT2D eigenvalue weighted by atomic mass is 16.6. The zero-order chi connectivity index (χ0) is 20.6. The van der Waals surface area contributed by atoms with Crippen LogP contribution in [-0.4, -0.2) is 53.0 Å². The molecule has 0 heterocycles. The summed E-state index contributed by atoms with van der Waals surface area (Å²) < 4.78 is 10.1. The summed E-state index contributed by atoms with van der Waals surface area (Å²) in [5, 5.41) is 12.9. The third-order valence-corrected chi connectivity index (χ3v) is 3.19. The van der Waals surface area contributed by atoms with Gasteiger partial charge in [0.1, 0.15) is 18.2 Å². The molecule has 1 unspecified atom stereocenters. The van der Waals surface area contributed by atoms with Crippen molar-refractivity contribution in [2.45, 2.75) is 52.0 Å². The molecule has 0 aliphatic rings. The van der Waals surface area contributed by atoms with Gasteiger partial charge >= 0.3 is 12.2 Å². The number of nitrogens with zero attached hydrogens (tertiary/aromatic N) is 1. The number of hydrazine groups is 1. The van der Waals surface area contributed by atoms with Crippen molar-refractivity contribution in [2.24, 2.45) is 0 Å². The van der Waals surface area contributed by atoms with Crippen molar-refractivity contribution >= 4 is 18.1 Å². The normalized spacial score (nSPS) is 13.1.